The molecule has 0 bridgehead atoms. The summed E-state index contributed by atoms with van der Waals surface area (Å²) in [4.78, 5) is 21.0. The molecular formula is C20H26N4O2. The van der Waals surface area contributed by atoms with E-state index >= 15 is 0 Å². The molecule has 1 fully saturated rings. The van der Waals surface area contributed by atoms with Crippen LogP contribution in [0.1, 0.15) is 23.8 Å². The van der Waals surface area contributed by atoms with Crippen molar-refractivity contribution in [1.82, 2.24) is 10.3 Å². The monoisotopic (exact) mass is 354 g/mol. The van der Waals surface area contributed by atoms with E-state index in [1.165, 1.54) is 5.69 Å². The Balaban J connectivity index is 1.61. The standard InChI is InChI=1S/C20H26N4O2/c1-3-9-22-20(25)19-15-17(8-10-21-19)24-13-11-23(12-14-24)16-4-6-18(26-2)7-5-16/h4-8,10,15H,3,9,11-14H2,1-2H3,(H,22,25). The Morgan fingerprint density at radius 2 is 1.73 bits per heavy atom. The van der Waals surface area contributed by atoms with Gasteiger partial charge >= 0.3 is 0 Å². The molecule has 1 N–H and O–H groups in total. The molecule has 6 nitrogen and oxygen atoms in total. The molecule has 0 unspecified atom stereocenters. The second-order valence-electron chi connectivity index (χ2n) is 6.33. The number of benzene rings is 1. The van der Waals surface area contributed by atoms with Crippen LogP contribution in [0.2, 0.25) is 0 Å². The maximum atomic E-state index is 12.1. The van der Waals surface area contributed by atoms with Crippen molar-refractivity contribution in [3.05, 3.63) is 48.3 Å². The van der Waals surface area contributed by atoms with Crippen molar-refractivity contribution in [2.24, 2.45) is 0 Å². The molecule has 6 heteroatoms. The van der Waals surface area contributed by atoms with Gasteiger partial charge in [-0.15, -0.1) is 0 Å². The summed E-state index contributed by atoms with van der Waals surface area (Å²) in [6.45, 7) is 6.40. The van der Waals surface area contributed by atoms with Crippen molar-refractivity contribution in [2.45, 2.75) is 13.3 Å². The second-order valence-corrected chi connectivity index (χ2v) is 6.33. The van der Waals surface area contributed by atoms with Crippen LogP contribution in [0.3, 0.4) is 0 Å². The number of carbonyl (C=O) groups excluding carboxylic acids is 1. The van der Waals surface area contributed by atoms with Crippen molar-refractivity contribution in [3.8, 4) is 5.75 Å². The number of nitrogens with one attached hydrogen (secondary N) is 1. The fourth-order valence-electron chi connectivity index (χ4n) is 3.09. The topological polar surface area (TPSA) is 57.7 Å². The fourth-order valence-corrected chi connectivity index (χ4v) is 3.09. The molecule has 1 aromatic heterocycles. The molecule has 26 heavy (non-hydrogen) atoms. The molecule has 0 radical (unpaired) electrons. The first-order valence-corrected chi connectivity index (χ1v) is 9.09. The Kier molecular flexibility index (Phi) is 5.94. The molecule has 0 spiro atoms. The number of pyridine rings is 1. The number of ether oxygens (including phenoxy) is 1. The molecule has 2 heterocycles. The van der Waals surface area contributed by atoms with Crippen LogP contribution in [-0.4, -0.2) is 50.7 Å². The Hall–Kier alpha value is -2.76. The normalized spacial score (nSPS) is 14.2. The number of rotatable bonds is 6. The van der Waals surface area contributed by atoms with E-state index in [1.807, 2.05) is 31.2 Å². The zero-order chi connectivity index (χ0) is 18.4. The lowest BCUT2D eigenvalue weighted by Gasteiger charge is -2.37. The number of hydrogen-bond donors (Lipinski definition) is 1. The van der Waals surface area contributed by atoms with Crippen molar-refractivity contribution < 1.29 is 9.53 Å². The lowest BCUT2D eigenvalue weighted by Crippen LogP contribution is -2.46. The molecule has 1 aliphatic heterocycles. The third-order valence-electron chi connectivity index (χ3n) is 4.59. The van der Waals surface area contributed by atoms with Gasteiger partial charge in [0.15, 0.2) is 0 Å². The molecule has 1 aromatic carbocycles. The molecule has 0 atom stereocenters. The number of aromatic nitrogens is 1. The first-order chi connectivity index (χ1) is 12.7. The lowest BCUT2D eigenvalue weighted by atomic mass is 10.2. The highest BCUT2D eigenvalue weighted by Crippen LogP contribution is 2.23. The number of methoxy groups -OCH3 is 1. The Morgan fingerprint density at radius 3 is 2.35 bits per heavy atom. The average molecular weight is 354 g/mol. The SMILES string of the molecule is CCCNC(=O)c1cc(N2CCN(c3ccc(OC)cc3)CC2)ccn1. The van der Waals surface area contributed by atoms with Gasteiger partial charge in [-0.1, -0.05) is 6.92 Å². The zero-order valence-electron chi connectivity index (χ0n) is 15.4. The van der Waals surface area contributed by atoms with Gasteiger partial charge in [0.05, 0.1) is 7.11 Å². The Labute approximate surface area is 154 Å². The van der Waals surface area contributed by atoms with Crippen molar-refractivity contribution >= 4 is 17.3 Å². The first kappa shape index (κ1) is 18.0. The van der Waals surface area contributed by atoms with E-state index in [9.17, 15) is 4.79 Å². The predicted molar refractivity (Wildman–Crippen MR) is 104 cm³/mol. The first-order valence-electron chi connectivity index (χ1n) is 9.09. The lowest BCUT2D eigenvalue weighted by molar-refractivity contribution is 0.0948. The molecule has 1 saturated heterocycles. The van der Waals surface area contributed by atoms with Gasteiger partial charge in [0, 0.05) is 50.3 Å². The summed E-state index contributed by atoms with van der Waals surface area (Å²) in [5.41, 5.74) is 2.74. The summed E-state index contributed by atoms with van der Waals surface area (Å²) in [5.74, 6) is 0.767. The molecule has 1 amide bonds. The van der Waals surface area contributed by atoms with Crippen LogP contribution < -0.4 is 19.9 Å². The van der Waals surface area contributed by atoms with Crippen LogP contribution >= 0.6 is 0 Å². The van der Waals surface area contributed by atoms with Crippen LogP contribution in [0, 0.1) is 0 Å². The van der Waals surface area contributed by atoms with E-state index in [2.05, 4.69) is 32.2 Å². The number of carbonyl (C=O) groups is 1. The number of amides is 1. The van der Waals surface area contributed by atoms with Gasteiger partial charge in [-0.2, -0.15) is 0 Å². The van der Waals surface area contributed by atoms with Gasteiger partial charge in [0.1, 0.15) is 11.4 Å². The largest absolute Gasteiger partial charge is 0.497 e. The minimum atomic E-state index is -0.106. The summed E-state index contributed by atoms with van der Waals surface area (Å²) in [7, 11) is 1.68. The van der Waals surface area contributed by atoms with Gasteiger partial charge < -0.3 is 19.9 Å². The summed E-state index contributed by atoms with van der Waals surface area (Å²) in [6, 6.07) is 12.0. The minimum absolute atomic E-state index is 0.106. The third-order valence-corrected chi connectivity index (χ3v) is 4.59. The molecule has 3 rings (SSSR count). The van der Waals surface area contributed by atoms with Crippen LogP contribution in [0.5, 0.6) is 5.75 Å². The quantitative estimate of drug-likeness (QED) is 0.864. The Bertz CT molecular complexity index is 725. The maximum absolute atomic E-state index is 12.1. The van der Waals surface area contributed by atoms with E-state index in [0.717, 1.165) is 44.0 Å². The summed E-state index contributed by atoms with van der Waals surface area (Å²) in [5, 5.41) is 2.88. The minimum Gasteiger partial charge on any atom is -0.497 e. The molecule has 138 valence electrons. The molecule has 0 saturated carbocycles. The van der Waals surface area contributed by atoms with E-state index in [0.29, 0.717) is 12.2 Å². The molecule has 2 aromatic rings. The van der Waals surface area contributed by atoms with Gasteiger partial charge in [-0.05, 0) is 42.8 Å². The fraction of sp³-hybridized carbons (Fsp3) is 0.400. The van der Waals surface area contributed by atoms with Crippen LogP contribution in [0.25, 0.3) is 0 Å². The van der Waals surface area contributed by atoms with Crippen molar-refractivity contribution in [1.29, 1.82) is 0 Å². The number of nitrogens with zero attached hydrogens (tertiary/aromatic N) is 3. The zero-order valence-corrected chi connectivity index (χ0v) is 15.4. The van der Waals surface area contributed by atoms with Gasteiger partial charge in [-0.3, -0.25) is 9.78 Å². The Morgan fingerprint density at radius 1 is 1.08 bits per heavy atom. The average Bonchev–Trinajstić information content (AvgIpc) is 2.72. The molecular weight excluding hydrogens is 328 g/mol. The van der Waals surface area contributed by atoms with Crippen molar-refractivity contribution in [2.75, 3.05) is 49.6 Å². The number of anilines is 2. The van der Waals surface area contributed by atoms with E-state index in [4.69, 9.17) is 4.74 Å². The number of piperazine rings is 1. The van der Waals surface area contributed by atoms with Crippen LogP contribution in [0.4, 0.5) is 11.4 Å². The highest BCUT2D eigenvalue weighted by molar-refractivity contribution is 5.93. The highest BCUT2D eigenvalue weighted by Gasteiger charge is 2.19. The highest BCUT2D eigenvalue weighted by atomic mass is 16.5. The molecule has 1 aliphatic rings. The summed E-state index contributed by atoms with van der Waals surface area (Å²) < 4.78 is 5.22. The van der Waals surface area contributed by atoms with Gasteiger partial charge in [0.2, 0.25) is 0 Å². The van der Waals surface area contributed by atoms with Crippen LogP contribution in [-0.2, 0) is 0 Å². The maximum Gasteiger partial charge on any atom is 0.269 e. The van der Waals surface area contributed by atoms with Crippen molar-refractivity contribution in [3.63, 3.8) is 0 Å². The molecule has 0 aliphatic carbocycles. The van der Waals surface area contributed by atoms with Gasteiger partial charge in [-0.25, -0.2) is 0 Å². The summed E-state index contributed by atoms with van der Waals surface area (Å²) >= 11 is 0. The van der Waals surface area contributed by atoms with E-state index in [1.54, 1.807) is 13.3 Å². The van der Waals surface area contributed by atoms with Gasteiger partial charge in [0.25, 0.3) is 5.91 Å². The van der Waals surface area contributed by atoms with E-state index in [-0.39, 0.29) is 5.91 Å². The third kappa shape index (κ3) is 4.25. The number of hydrogen-bond acceptors (Lipinski definition) is 5. The smallest absolute Gasteiger partial charge is 0.269 e. The summed E-state index contributed by atoms with van der Waals surface area (Å²) in [6.07, 6.45) is 2.63. The second kappa shape index (κ2) is 8.56. The predicted octanol–water partition coefficient (Wildman–Crippen LogP) is 2.56. The van der Waals surface area contributed by atoms with Crippen LogP contribution in [0.15, 0.2) is 42.6 Å². The van der Waals surface area contributed by atoms with E-state index < -0.39 is 0 Å².